The van der Waals surface area contributed by atoms with Gasteiger partial charge in [0.15, 0.2) is 17.3 Å². The molecule has 5 heteroatoms. The van der Waals surface area contributed by atoms with Gasteiger partial charge in [0.1, 0.15) is 0 Å². The van der Waals surface area contributed by atoms with Crippen molar-refractivity contribution in [3.63, 3.8) is 0 Å². The second-order valence-corrected chi connectivity index (χ2v) is 5.43. The molecule has 0 aliphatic carbocycles. The van der Waals surface area contributed by atoms with Gasteiger partial charge in [0.05, 0.1) is 6.54 Å². The fourth-order valence-electron chi connectivity index (χ4n) is 2.20. The molecular formula is C18H22ClNO3. The van der Waals surface area contributed by atoms with E-state index in [1.165, 1.54) is 23.8 Å². The van der Waals surface area contributed by atoms with Gasteiger partial charge < -0.3 is 15.5 Å². The summed E-state index contributed by atoms with van der Waals surface area (Å²) >= 11 is 0. The van der Waals surface area contributed by atoms with Gasteiger partial charge in [-0.25, -0.2) is 0 Å². The molecule has 0 saturated carbocycles. The summed E-state index contributed by atoms with van der Waals surface area (Å²) in [5, 5.41) is 21.9. The maximum atomic E-state index is 12.0. The van der Waals surface area contributed by atoms with E-state index in [2.05, 4.69) is 17.4 Å². The highest BCUT2D eigenvalue weighted by Gasteiger charge is 2.10. The molecule has 0 bridgehead atoms. The van der Waals surface area contributed by atoms with Crippen molar-refractivity contribution in [3.05, 3.63) is 59.7 Å². The number of aromatic hydroxyl groups is 2. The van der Waals surface area contributed by atoms with Gasteiger partial charge in [-0.2, -0.15) is 0 Å². The summed E-state index contributed by atoms with van der Waals surface area (Å²) < 4.78 is 0. The molecule has 23 heavy (non-hydrogen) atoms. The summed E-state index contributed by atoms with van der Waals surface area (Å²) in [7, 11) is 0. The van der Waals surface area contributed by atoms with Crippen molar-refractivity contribution < 1.29 is 15.0 Å². The number of Topliss-reactive ketones (excluding diaryl/α,β-unsaturated/α-hetero) is 1. The molecule has 4 nitrogen and oxygen atoms in total. The molecule has 124 valence electrons. The zero-order valence-electron chi connectivity index (χ0n) is 13.0. The van der Waals surface area contributed by atoms with Crippen LogP contribution in [0.3, 0.4) is 0 Å². The van der Waals surface area contributed by atoms with Crippen LogP contribution < -0.4 is 5.32 Å². The number of carbonyl (C=O) groups excluding carboxylic acids is 1. The molecule has 0 aromatic heterocycles. The van der Waals surface area contributed by atoms with Crippen molar-refractivity contribution in [2.75, 3.05) is 6.54 Å². The van der Waals surface area contributed by atoms with Crippen molar-refractivity contribution >= 4 is 18.2 Å². The minimum Gasteiger partial charge on any atom is -0.504 e. The summed E-state index contributed by atoms with van der Waals surface area (Å²) in [6.45, 7) is 2.25. The Hall–Kier alpha value is -2.04. The molecule has 0 fully saturated rings. The minimum atomic E-state index is -0.275. The van der Waals surface area contributed by atoms with E-state index >= 15 is 0 Å². The largest absolute Gasteiger partial charge is 0.504 e. The first-order valence-electron chi connectivity index (χ1n) is 7.38. The van der Waals surface area contributed by atoms with Crippen LogP contribution in [0.2, 0.25) is 0 Å². The molecular weight excluding hydrogens is 314 g/mol. The molecule has 2 aromatic carbocycles. The summed E-state index contributed by atoms with van der Waals surface area (Å²) in [6.07, 6.45) is 1.90. The van der Waals surface area contributed by atoms with Gasteiger partial charge in [-0.1, -0.05) is 30.3 Å². The molecule has 1 atom stereocenters. The predicted octanol–water partition coefficient (Wildman–Crippen LogP) is 3.31. The zero-order valence-corrected chi connectivity index (χ0v) is 13.8. The number of halogens is 1. The Kier molecular flexibility index (Phi) is 7.59. The van der Waals surface area contributed by atoms with E-state index in [4.69, 9.17) is 0 Å². The summed E-state index contributed by atoms with van der Waals surface area (Å²) in [5.41, 5.74) is 1.67. The third-order valence-electron chi connectivity index (χ3n) is 3.62. The smallest absolute Gasteiger partial charge is 0.176 e. The number of rotatable bonds is 7. The maximum absolute atomic E-state index is 12.0. The van der Waals surface area contributed by atoms with E-state index in [9.17, 15) is 15.0 Å². The van der Waals surface area contributed by atoms with E-state index < -0.39 is 0 Å². The third kappa shape index (κ3) is 5.93. The Morgan fingerprint density at radius 1 is 1.09 bits per heavy atom. The number of aryl methyl sites for hydroxylation is 1. The Morgan fingerprint density at radius 3 is 2.43 bits per heavy atom. The SMILES string of the molecule is CC(CCc1ccccc1)NCC(=O)c1ccc(O)c(O)c1.Cl. The normalized spacial score (nSPS) is 11.5. The number of benzene rings is 2. The van der Waals surface area contributed by atoms with E-state index in [-0.39, 0.29) is 42.3 Å². The quantitative estimate of drug-likeness (QED) is 0.536. The number of carbonyl (C=O) groups is 1. The Bertz CT molecular complexity index is 631. The second kappa shape index (κ2) is 9.18. The summed E-state index contributed by atoms with van der Waals surface area (Å²) in [5.74, 6) is -0.606. The maximum Gasteiger partial charge on any atom is 0.176 e. The van der Waals surface area contributed by atoms with Crippen LogP contribution in [0.5, 0.6) is 11.5 Å². The molecule has 3 N–H and O–H groups in total. The van der Waals surface area contributed by atoms with Crippen LogP contribution in [0.25, 0.3) is 0 Å². The number of hydrogen-bond acceptors (Lipinski definition) is 4. The highest BCUT2D eigenvalue weighted by molar-refractivity contribution is 5.98. The van der Waals surface area contributed by atoms with E-state index in [0.29, 0.717) is 5.56 Å². The molecule has 0 saturated heterocycles. The number of ketones is 1. The molecule has 0 heterocycles. The zero-order chi connectivity index (χ0) is 15.9. The first-order valence-corrected chi connectivity index (χ1v) is 7.38. The number of nitrogens with one attached hydrogen (secondary N) is 1. The van der Waals surface area contributed by atoms with Gasteiger partial charge in [-0.05, 0) is 43.5 Å². The van der Waals surface area contributed by atoms with E-state index in [1.807, 2.05) is 25.1 Å². The first-order chi connectivity index (χ1) is 10.6. The van der Waals surface area contributed by atoms with Gasteiger partial charge in [0.2, 0.25) is 0 Å². The Morgan fingerprint density at radius 2 is 1.78 bits per heavy atom. The molecule has 0 aliphatic rings. The van der Waals surface area contributed by atoms with E-state index in [0.717, 1.165) is 12.8 Å². The minimum absolute atomic E-state index is 0. The van der Waals surface area contributed by atoms with Crippen LogP contribution in [0.15, 0.2) is 48.5 Å². The van der Waals surface area contributed by atoms with Crippen LogP contribution in [0.4, 0.5) is 0 Å². The van der Waals surface area contributed by atoms with Crippen molar-refractivity contribution in [1.29, 1.82) is 0 Å². The Labute approximate surface area is 142 Å². The highest BCUT2D eigenvalue weighted by Crippen LogP contribution is 2.24. The van der Waals surface area contributed by atoms with Crippen LogP contribution >= 0.6 is 12.4 Å². The highest BCUT2D eigenvalue weighted by atomic mass is 35.5. The standard InChI is InChI=1S/C18H21NO3.ClH/c1-13(7-8-14-5-3-2-4-6-14)19-12-18(22)15-9-10-16(20)17(21)11-15;/h2-6,9-11,13,19-21H,7-8,12H2,1H3;1H. The lowest BCUT2D eigenvalue weighted by molar-refractivity contribution is 0.0987. The van der Waals surface area contributed by atoms with E-state index in [1.54, 1.807) is 0 Å². The number of phenolic OH excluding ortho intramolecular Hbond substituents is 2. The molecule has 0 amide bonds. The van der Waals surface area contributed by atoms with Crippen LogP contribution in [0.1, 0.15) is 29.3 Å². The average Bonchev–Trinajstić information content (AvgIpc) is 2.54. The topological polar surface area (TPSA) is 69.6 Å². The summed E-state index contributed by atoms with van der Waals surface area (Å²) in [4.78, 5) is 12.0. The Balaban J connectivity index is 0.00000264. The monoisotopic (exact) mass is 335 g/mol. The predicted molar refractivity (Wildman–Crippen MR) is 93.6 cm³/mol. The van der Waals surface area contributed by atoms with Crippen molar-refractivity contribution in [2.24, 2.45) is 0 Å². The van der Waals surface area contributed by atoms with Crippen LogP contribution in [0, 0.1) is 0 Å². The average molecular weight is 336 g/mol. The molecule has 0 radical (unpaired) electrons. The lowest BCUT2D eigenvalue weighted by Gasteiger charge is -2.13. The van der Waals surface area contributed by atoms with Crippen molar-refractivity contribution in [2.45, 2.75) is 25.8 Å². The molecule has 1 unspecified atom stereocenters. The summed E-state index contributed by atoms with van der Waals surface area (Å²) in [6, 6.07) is 14.6. The van der Waals surface area contributed by atoms with Gasteiger partial charge in [-0.15, -0.1) is 12.4 Å². The van der Waals surface area contributed by atoms with Crippen LogP contribution in [-0.4, -0.2) is 28.6 Å². The number of phenols is 2. The second-order valence-electron chi connectivity index (χ2n) is 5.43. The van der Waals surface area contributed by atoms with Gasteiger partial charge >= 0.3 is 0 Å². The first kappa shape index (κ1) is 19.0. The molecule has 2 rings (SSSR count). The van der Waals surface area contributed by atoms with Crippen molar-refractivity contribution in [3.8, 4) is 11.5 Å². The molecule has 2 aromatic rings. The molecule has 0 aliphatic heterocycles. The third-order valence-corrected chi connectivity index (χ3v) is 3.62. The van der Waals surface area contributed by atoms with Gasteiger partial charge in [0.25, 0.3) is 0 Å². The van der Waals surface area contributed by atoms with Gasteiger partial charge in [-0.3, -0.25) is 4.79 Å². The lowest BCUT2D eigenvalue weighted by atomic mass is 10.1. The number of hydrogen-bond donors (Lipinski definition) is 3. The fraction of sp³-hybridized carbons (Fsp3) is 0.278. The lowest BCUT2D eigenvalue weighted by Crippen LogP contribution is -2.31. The molecule has 0 spiro atoms. The van der Waals surface area contributed by atoms with Crippen molar-refractivity contribution in [1.82, 2.24) is 5.32 Å². The van der Waals surface area contributed by atoms with Crippen LogP contribution in [-0.2, 0) is 6.42 Å². The fourth-order valence-corrected chi connectivity index (χ4v) is 2.20. The van der Waals surface area contributed by atoms with Gasteiger partial charge in [0, 0.05) is 11.6 Å².